The van der Waals surface area contributed by atoms with Crippen LogP contribution in [0.25, 0.3) is 0 Å². The summed E-state index contributed by atoms with van der Waals surface area (Å²) in [5, 5.41) is 3.38. The third-order valence-electron chi connectivity index (χ3n) is 2.74. The Morgan fingerprint density at radius 3 is 2.80 bits per heavy atom. The van der Waals surface area contributed by atoms with E-state index in [2.05, 4.69) is 27.4 Å². The Morgan fingerprint density at radius 2 is 2.05 bits per heavy atom. The van der Waals surface area contributed by atoms with Crippen molar-refractivity contribution in [2.24, 2.45) is 0 Å². The van der Waals surface area contributed by atoms with E-state index in [-0.39, 0.29) is 6.10 Å². The van der Waals surface area contributed by atoms with Gasteiger partial charge in [0.1, 0.15) is 11.6 Å². The molecule has 2 aromatic rings. The predicted molar refractivity (Wildman–Crippen MR) is 79.5 cm³/mol. The molecule has 2 rings (SSSR count). The Morgan fingerprint density at radius 1 is 1.20 bits per heavy atom. The van der Waals surface area contributed by atoms with Crippen LogP contribution in [0.2, 0.25) is 0 Å². The van der Waals surface area contributed by atoms with Crippen molar-refractivity contribution in [2.45, 2.75) is 40.0 Å². The Kier molecular flexibility index (Phi) is 5.07. The van der Waals surface area contributed by atoms with Crippen LogP contribution in [0.5, 0.6) is 5.75 Å². The molecule has 0 unspecified atom stereocenters. The molecule has 0 aliphatic rings. The summed E-state index contributed by atoms with van der Waals surface area (Å²) in [4.78, 5) is 8.45. The number of nitrogens with zero attached hydrogens (tertiary/aromatic N) is 2. The quantitative estimate of drug-likeness (QED) is 0.877. The van der Waals surface area contributed by atoms with Crippen LogP contribution in [-0.2, 0) is 13.1 Å². The van der Waals surface area contributed by atoms with Crippen LogP contribution in [0.15, 0.2) is 36.5 Å². The van der Waals surface area contributed by atoms with E-state index in [0.29, 0.717) is 0 Å². The fraction of sp³-hybridized carbons (Fsp3) is 0.375. The normalized spacial score (nSPS) is 10.8. The second-order valence-corrected chi connectivity index (χ2v) is 5.01. The zero-order valence-corrected chi connectivity index (χ0v) is 12.3. The Balaban J connectivity index is 1.87. The van der Waals surface area contributed by atoms with E-state index in [0.717, 1.165) is 30.4 Å². The van der Waals surface area contributed by atoms with E-state index in [9.17, 15) is 0 Å². The van der Waals surface area contributed by atoms with Gasteiger partial charge >= 0.3 is 0 Å². The van der Waals surface area contributed by atoms with Crippen molar-refractivity contribution in [3.8, 4) is 5.75 Å². The fourth-order valence-corrected chi connectivity index (χ4v) is 1.94. The van der Waals surface area contributed by atoms with Gasteiger partial charge in [0.05, 0.1) is 11.8 Å². The molecule has 0 atom stereocenters. The third kappa shape index (κ3) is 4.63. The summed E-state index contributed by atoms with van der Waals surface area (Å²) in [6.07, 6.45) is 1.98. The molecule has 1 heterocycles. The van der Waals surface area contributed by atoms with Gasteiger partial charge in [-0.2, -0.15) is 0 Å². The number of aromatic nitrogens is 2. The van der Waals surface area contributed by atoms with Gasteiger partial charge in [-0.3, -0.25) is 0 Å². The van der Waals surface area contributed by atoms with Crippen LogP contribution in [-0.4, -0.2) is 16.1 Å². The SMILES string of the molecule is Cc1nccc(CNCc2cccc(OC(C)C)c2)n1. The average Bonchev–Trinajstić information content (AvgIpc) is 2.38. The summed E-state index contributed by atoms with van der Waals surface area (Å²) in [6, 6.07) is 10.1. The zero-order valence-electron chi connectivity index (χ0n) is 12.3. The second kappa shape index (κ2) is 7.01. The highest BCUT2D eigenvalue weighted by molar-refractivity contribution is 5.28. The maximum absolute atomic E-state index is 5.69. The van der Waals surface area contributed by atoms with Crippen LogP contribution in [0.3, 0.4) is 0 Å². The van der Waals surface area contributed by atoms with E-state index < -0.39 is 0 Å². The molecular formula is C16H21N3O. The lowest BCUT2D eigenvalue weighted by Gasteiger charge is -2.11. The summed E-state index contributed by atoms with van der Waals surface area (Å²) in [7, 11) is 0. The minimum atomic E-state index is 0.196. The largest absolute Gasteiger partial charge is 0.491 e. The van der Waals surface area contributed by atoms with Gasteiger partial charge in [-0.25, -0.2) is 9.97 Å². The molecule has 0 saturated heterocycles. The summed E-state index contributed by atoms with van der Waals surface area (Å²) < 4.78 is 5.69. The second-order valence-electron chi connectivity index (χ2n) is 5.01. The van der Waals surface area contributed by atoms with E-state index in [4.69, 9.17) is 4.74 Å². The number of hydrogen-bond donors (Lipinski definition) is 1. The molecule has 0 bridgehead atoms. The van der Waals surface area contributed by atoms with E-state index in [1.54, 1.807) is 6.20 Å². The molecule has 4 heteroatoms. The molecule has 0 saturated carbocycles. The molecule has 106 valence electrons. The number of benzene rings is 1. The molecule has 1 N–H and O–H groups in total. The van der Waals surface area contributed by atoms with Crippen molar-refractivity contribution in [2.75, 3.05) is 0 Å². The van der Waals surface area contributed by atoms with Crippen molar-refractivity contribution in [1.82, 2.24) is 15.3 Å². The first kappa shape index (κ1) is 14.5. The molecular weight excluding hydrogens is 250 g/mol. The summed E-state index contributed by atoms with van der Waals surface area (Å²) in [6.45, 7) is 7.48. The Bertz CT molecular complexity index is 555. The highest BCUT2D eigenvalue weighted by atomic mass is 16.5. The van der Waals surface area contributed by atoms with Gasteiger partial charge in [-0.1, -0.05) is 12.1 Å². The molecule has 0 spiro atoms. The van der Waals surface area contributed by atoms with Crippen LogP contribution in [0.1, 0.15) is 30.9 Å². The topological polar surface area (TPSA) is 47.0 Å². The van der Waals surface area contributed by atoms with Gasteiger partial charge in [-0.05, 0) is 44.5 Å². The molecule has 0 radical (unpaired) electrons. The maximum Gasteiger partial charge on any atom is 0.125 e. The summed E-state index contributed by atoms with van der Waals surface area (Å²) in [5.41, 5.74) is 2.21. The minimum Gasteiger partial charge on any atom is -0.491 e. The van der Waals surface area contributed by atoms with Gasteiger partial charge in [0.2, 0.25) is 0 Å². The Labute approximate surface area is 120 Å². The van der Waals surface area contributed by atoms with Gasteiger partial charge < -0.3 is 10.1 Å². The summed E-state index contributed by atoms with van der Waals surface area (Å²) >= 11 is 0. The van der Waals surface area contributed by atoms with Gasteiger partial charge in [-0.15, -0.1) is 0 Å². The van der Waals surface area contributed by atoms with E-state index >= 15 is 0 Å². The molecule has 0 fully saturated rings. The summed E-state index contributed by atoms with van der Waals surface area (Å²) in [5.74, 6) is 1.72. The highest BCUT2D eigenvalue weighted by Gasteiger charge is 2.00. The van der Waals surface area contributed by atoms with Gasteiger partial charge in [0, 0.05) is 19.3 Å². The van der Waals surface area contributed by atoms with Gasteiger partial charge in [0.15, 0.2) is 0 Å². The van der Waals surface area contributed by atoms with Gasteiger partial charge in [0.25, 0.3) is 0 Å². The smallest absolute Gasteiger partial charge is 0.125 e. The Hall–Kier alpha value is -1.94. The van der Waals surface area contributed by atoms with Crippen molar-refractivity contribution < 1.29 is 4.74 Å². The monoisotopic (exact) mass is 271 g/mol. The van der Waals surface area contributed by atoms with E-state index in [1.165, 1.54) is 5.56 Å². The first-order chi connectivity index (χ1) is 9.63. The first-order valence-electron chi connectivity index (χ1n) is 6.88. The fourth-order valence-electron chi connectivity index (χ4n) is 1.94. The van der Waals surface area contributed by atoms with Crippen molar-refractivity contribution >= 4 is 0 Å². The number of nitrogens with one attached hydrogen (secondary N) is 1. The first-order valence-corrected chi connectivity index (χ1v) is 6.88. The molecule has 0 amide bonds. The molecule has 1 aromatic heterocycles. The number of aryl methyl sites for hydroxylation is 1. The average molecular weight is 271 g/mol. The van der Waals surface area contributed by atoms with Crippen molar-refractivity contribution in [3.63, 3.8) is 0 Å². The lowest BCUT2D eigenvalue weighted by molar-refractivity contribution is 0.242. The molecule has 1 aromatic carbocycles. The van der Waals surface area contributed by atoms with Crippen molar-refractivity contribution in [3.05, 3.63) is 53.6 Å². The standard InChI is InChI=1S/C16H21N3O/c1-12(2)20-16-6-4-5-14(9-16)10-17-11-15-7-8-18-13(3)19-15/h4-9,12,17H,10-11H2,1-3H3. The molecule has 0 aliphatic heterocycles. The highest BCUT2D eigenvalue weighted by Crippen LogP contribution is 2.14. The molecule has 4 nitrogen and oxygen atoms in total. The predicted octanol–water partition coefficient (Wildman–Crippen LogP) is 2.86. The van der Waals surface area contributed by atoms with Crippen molar-refractivity contribution in [1.29, 1.82) is 0 Å². The maximum atomic E-state index is 5.69. The number of rotatable bonds is 6. The molecule has 0 aliphatic carbocycles. The molecule has 20 heavy (non-hydrogen) atoms. The minimum absolute atomic E-state index is 0.196. The zero-order chi connectivity index (χ0) is 14.4. The van der Waals surface area contributed by atoms with Crippen LogP contribution < -0.4 is 10.1 Å². The number of hydrogen-bond acceptors (Lipinski definition) is 4. The lowest BCUT2D eigenvalue weighted by Crippen LogP contribution is -2.14. The van der Waals surface area contributed by atoms with Crippen LogP contribution in [0, 0.1) is 6.92 Å². The lowest BCUT2D eigenvalue weighted by atomic mass is 10.2. The van der Waals surface area contributed by atoms with Crippen LogP contribution in [0.4, 0.5) is 0 Å². The number of ether oxygens (including phenoxy) is 1. The third-order valence-corrected chi connectivity index (χ3v) is 2.74. The van der Waals surface area contributed by atoms with E-state index in [1.807, 2.05) is 39.0 Å². The van der Waals surface area contributed by atoms with Crippen LogP contribution >= 0.6 is 0 Å².